The zero-order chi connectivity index (χ0) is 21.4. The second kappa shape index (κ2) is 7.65. The second-order valence-electron chi connectivity index (χ2n) is 7.46. The Bertz CT molecular complexity index is 1400. The Kier molecular flexibility index (Phi) is 4.67. The number of benzene rings is 3. The van der Waals surface area contributed by atoms with E-state index >= 15 is 0 Å². The topological polar surface area (TPSA) is 78.3 Å². The van der Waals surface area contributed by atoms with E-state index in [0.717, 1.165) is 17.5 Å². The Balaban J connectivity index is 1.30. The van der Waals surface area contributed by atoms with Crippen LogP contribution in [0.3, 0.4) is 0 Å². The molecule has 1 aliphatic carbocycles. The normalized spacial score (nSPS) is 11.7. The van der Waals surface area contributed by atoms with Crippen LogP contribution in [0.2, 0.25) is 0 Å². The summed E-state index contributed by atoms with van der Waals surface area (Å²) in [5.41, 5.74) is 5.83. The fourth-order valence-electron chi connectivity index (χ4n) is 3.98. The molecule has 0 N–H and O–H groups in total. The van der Waals surface area contributed by atoms with Crippen molar-refractivity contribution in [2.75, 3.05) is 6.61 Å². The van der Waals surface area contributed by atoms with Crippen LogP contribution in [-0.2, 0) is 22.5 Å². The number of para-hydroxylation sites is 2. The Labute approximate surface area is 177 Å². The van der Waals surface area contributed by atoms with Gasteiger partial charge in [-0.15, -0.1) is 0 Å². The molecule has 0 saturated heterocycles. The van der Waals surface area contributed by atoms with Crippen molar-refractivity contribution < 1.29 is 14.3 Å². The van der Waals surface area contributed by atoms with E-state index in [-0.39, 0.29) is 18.9 Å². The summed E-state index contributed by atoms with van der Waals surface area (Å²) in [5, 5.41) is 0. The number of ketones is 1. The maximum absolute atomic E-state index is 12.6. The molecule has 0 atom stereocenters. The molecule has 31 heavy (non-hydrogen) atoms. The zero-order valence-electron chi connectivity index (χ0n) is 16.6. The largest absolute Gasteiger partial charge is 0.456 e. The van der Waals surface area contributed by atoms with Crippen molar-refractivity contribution in [1.29, 1.82) is 0 Å². The van der Waals surface area contributed by atoms with E-state index in [0.29, 0.717) is 16.6 Å². The molecule has 0 spiro atoms. The second-order valence-corrected chi connectivity index (χ2v) is 7.46. The molecule has 5 rings (SSSR count). The average Bonchev–Trinajstić information content (AvgIpc) is 3.17. The smallest absolute Gasteiger partial charge is 0.326 e. The molecule has 1 heterocycles. The first-order valence-corrected chi connectivity index (χ1v) is 9.95. The number of hydrogen-bond acceptors (Lipinski definition) is 5. The Morgan fingerprint density at radius 2 is 1.71 bits per heavy atom. The molecule has 0 radical (unpaired) electrons. The van der Waals surface area contributed by atoms with Crippen LogP contribution in [0.25, 0.3) is 22.2 Å². The number of ether oxygens (including phenoxy) is 1. The van der Waals surface area contributed by atoms with Crippen LogP contribution in [0.15, 0.2) is 77.7 Å². The van der Waals surface area contributed by atoms with Crippen molar-refractivity contribution >= 4 is 22.8 Å². The van der Waals surface area contributed by atoms with Crippen LogP contribution < -0.4 is 5.56 Å². The Morgan fingerprint density at radius 1 is 0.935 bits per heavy atom. The van der Waals surface area contributed by atoms with Crippen LogP contribution in [-0.4, -0.2) is 27.9 Å². The molecule has 6 heteroatoms. The van der Waals surface area contributed by atoms with E-state index in [1.807, 2.05) is 30.3 Å². The summed E-state index contributed by atoms with van der Waals surface area (Å²) in [5.74, 6) is -0.939. The van der Waals surface area contributed by atoms with E-state index in [9.17, 15) is 14.4 Å². The molecule has 1 aromatic heterocycles. The first-order valence-electron chi connectivity index (χ1n) is 9.95. The van der Waals surface area contributed by atoms with Gasteiger partial charge in [0, 0.05) is 5.56 Å². The lowest BCUT2D eigenvalue weighted by Gasteiger charge is -2.10. The summed E-state index contributed by atoms with van der Waals surface area (Å²) in [4.78, 5) is 41.2. The number of carbonyl (C=O) groups excluding carboxylic acids is 2. The van der Waals surface area contributed by atoms with Gasteiger partial charge in [-0.05, 0) is 46.9 Å². The molecular formula is C25H18N2O4. The van der Waals surface area contributed by atoms with E-state index in [1.165, 1.54) is 21.9 Å². The molecular weight excluding hydrogens is 392 g/mol. The van der Waals surface area contributed by atoms with Crippen LogP contribution in [0.5, 0.6) is 0 Å². The molecule has 0 amide bonds. The van der Waals surface area contributed by atoms with Gasteiger partial charge in [0.1, 0.15) is 6.54 Å². The summed E-state index contributed by atoms with van der Waals surface area (Å²) in [6.45, 7) is -0.663. The summed E-state index contributed by atoms with van der Waals surface area (Å²) in [6, 6.07) is 20.7. The van der Waals surface area contributed by atoms with Crippen molar-refractivity contribution in [1.82, 2.24) is 9.55 Å². The highest BCUT2D eigenvalue weighted by Gasteiger charge is 2.20. The van der Waals surface area contributed by atoms with E-state index < -0.39 is 11.5 Å². The van der Waals surface area contributed by atoms with Crippen LogP contribution >= 0.6 is 0 Å². The summed E-state index contributed by atoms with van der Waals surface area (Å²) < 4.78 is 6.48. The number of Topliss-reactive ketones (excluding diaryl/α,β-unsaturated/α-hetero) is 1. The number of esters is 1. The van der Waals surface area contributed by atoms with Gasteiger partial charge < -0.3 is 4.74 Å². The first kappa shape index (κ1) is 18.9. The van der Waals surface area contributed by atoms with E-state index in [2.05, 4.69) is 11.1 Å². The SMILES string of the molecule is O=C(Cn1c(=O)cnc2ccccc21)OCC(=O)c1ccc2c(c1)-c1ccccc1C2. The molecule has 3 aromatic carbocycles. The van der Waals surface area contributed by atoms with E-state index in [1.54, 1.807) is 30.3 Å². The van der Waals surface area contributed by atoms with Crippen LogP contribution in [0.1, 0.15) is 21.5 Å². The third-order valence-corrected chi connectivity index (χ3v) is 5.52. The highest BCUT2D eigenvalue weighted by molar-refractivity contribution is 5.99. The third kappa shape index (κ3) is 3.53. The van der Waals surface area contributed by atoms with Crippen molar-refractivity contribution in [3.05, 3.63) is 100.0 Å². The maximum Gasteiger partial charge on any atom is 0.326 e. The monoisotopic (exact) mass is 410 g/mol. The van der Waals surface area contributed by atoms with Gasteiger partial charge in [0.25, 0.3) is 5.56 Å². The van der Waals surface area contributed by atoms with Crippen molar-refractivity contribution in [3.8, 4) is 11.1 Å². The zero-order valence-corrected chi connectivity index (χ0v) is 16.6. The standard InChI is InChI=1S/C25H18N2O4/c28-23(18-10-9-17-11-16-5-1-2-6-19(16)20(17)12-18)15-31-25(30)14-27-22-8-4-3-7-21(22)26-13-24(27)29/h1-10,12-13H,11,14-15H2. The number of aromatic nitrogens is 2. The van der Waals surface area contributed by atoms with Gasteiger partial charge in [0.05, 0.1) is 17.2 Å². The number of fused-ring (bicyclic) bond motifs is 4. The minimum Gasteiger partial charge on any atom is -0.456 e. The minimum atomic E-state index is -0.654. The van der Waals surface area contributed by atoms with Crippen molar-refractivity contribution in [3.63, 3.8) is 0 Å². The number of rotatable bonds is 5. The molecule has 152 valence electrons. The quantitative estimate of drug-likeness (QED) is 0.328. The van der Waals surface area contributed by atoms with Gasteiger partial charge in [-0.3, -0.25) is 19.0 Å². The van der Waals surface area contributed by atoms with Gasteiger partial charge in [0.15, 0.2) is 12.4 Å². The molecule has 0 aliphatic heterocycles. The third-order valence-electron chi connectivity index (χ3n) is 5.52. The van der Waals surface area contributed by atoms with Crippen LogP contribution in [0.4, 0.5) is 0 Å². The van der Waals surface area contributed by atoms with Gasteiger partial charge in [-0.2, -0.15) is 0 Å². The van der Waals surface area contributed by atoms with Gasteiger partial charge in [-0.25, -0.2) is 4.98 Å². The average molecular weight is 410 g/mol. The summed E-state index contributed by atoms with van der Waals surface area (Å²) >= 11 is 0. The Hall–Kier alpha value is -4.06. The van der Waals surface area contributed by atoms with Gasteiger partial charge in [0.2, 0.25) is 0 Å². The molecule has 0 unspecified atom stereocenters. The lowest BCUT2D eigenvalue weighted by Crippen LogP contribution is -2.26. The minimum absolute atomic E-state index is 0.285. The number of nitrogens with zero attached hydrogens (tertiary/aromatic N) is 2. The molecule has 1 aliphatic rings. The molecule has 0 bridgehead atoms. The Morgan fingerprint density at radius 3 is 2.61 bits per heavy atom. The summed E-state index contributed by atoms with van der Waals surface area (Å²) in [7, 11) is 0. The lowest BCUT2D eigenvalue weighted by molar-refractivity contribution is -0.143. The van der Waals surface area contributed by atoms with Gasteiger partial charge in [-0.1, -0.05) is 48.5 Å². The highest BCUT2D eigenvalue weighted by Crippen LogP contribution is 2.36. The molecule has 0 saturated carbocycles. The van der Waals surface area contributed by atoms with Crippen LogP contribution in [0, 0.1) is 0 Å². The van der Waals surface area contributed by atoms with Gasteiger partial charge >= 0.3 is 5.97 Å². The molecule has 0 fully saturated rings. The van der Waals surface area contributed by atoms with Crippen molar-refractivity contribution in [2.24, 2.45) is 0 Å². The fourth-order valence-corrected chi connectivity index (χ4v) is 3.98. The lowest BCUT2D eigenvalue weighted by atomic mass is 10.0. The van der Waals surface area contributed by atoms with Crippen molar-refractivity contribution in [2.45, 2.75) is 13.0 Å². The molecule has 4 aromatic rings. The predicted octanol–water partition coefficient (Wildman–Crippen LogP) is 3.39. The fraction of sp³-hybridized carbons (Fsp3) is 0.120. The predicted molar refractivity (Wildman–Crippen MR) is 116 cm³/mol. The first-order chi connectivity index (χ1) is 15.1. The molecule has 6 nitrogen and oxygen atoms in total. The summed E-state index contributed by atoms with van der Waals surface area (Å²) in [6.07, 6.45) is 2.02. The maximum atomic E-state index is 12.6. The highest BCUT2D eigenvalue weighted by atomic mass is 16.5. The number of carbonyl (C=O) groups is 2. The van der Waals surface area contributed by atoms with E-state index in [4.69, 9.17) is 4.74 Å². The number of hydrogen-bond donors (Lipinski definition) is 0.